The van der Waals surface area contributed by atoms with Crippen molar-refractivity contribution in [2.45, 2.75) is 25.3 Å². The molecule has 1 aliphatic rings. The van der Waals surface area contributed by atoms with E-state index >= 15 is 0 Å². The van der Waals surface area contributed by atoms with Crippen LogP contribution in [0.4, 0.5) is 0 Å². The van der Waals surface area contributed by atoms with Crippen LogP contribution in [0.15, 0.2) is 18.2 Å². The van der Waals surface area contributed by atoms with E-state index in [4.69, 9.17) is 9.47 Å². The molecule has 0 radical (unpaired) electrons. The first-order chi connectivity index (χ1) is 9.65. The molecule has 20 heavy (non-hydrogen) atoms. The zero-order valence-electron chi connectivity index (χ0n) is 11.9. The van der Waals surface area contributed by atoms with Crippen LogP contribution in [0, 0.1) is 5.92 Å². The highest BCUT2D eigenvalue weighted by Gasteiger charge is 2.30. The molecule has 1 heterocycles. The topological polar surface area (TPSA) is 67.8 Å². The van der Waals surface area contributed by atoms with Crippen LogP contribution in [0.2, 0.25) is 0 Å². The van der Waals surface area contributed by atoms with Crippen LogP contribution in [0.25, 0.3) is 0 Å². The minimum Gasteiger partial charge on any atom is -0.493 e. The Hall–Kier alpha value is -1.75. The van der Waals surface area contributed by atoms with Gasteiger partial charge in [0.25, 0.3) is 0 Å². The molecule has 1 aliphatic heterocycles. The Balaban J connectivity index is 2.13. The van der Waals surface area contributed by atoms with Gasteiger partial charge in [-0.15, -0.1) is 0 Å². The Morgan fingerprint density at radius 3 is 2.75 bits per heavy atom. The summed E-state index contributed by atoms with van der Waals surface area (Å²) in [5.74, 6) is 0.315. The van der Waals surface area contributed by atoms with Gasteiger partial charge in [-0.2, -0.15) is 0 Å². The van der Waals surface area contributed by atoms with Crippen LogP contribution in [0.5, 0.6) is 11.5 Å². The lowest BCUT2D eigenvalue weighted by Crippen LogP contribution is -2.46. The molecule has 0 spiro atoms. The first-order valence-corrected chi connectivity index (χ1v) is 6.82. The molecule has 110 valence electrons. The maximum atomic E-state index is 11.3. The van der Waals surface area contributed by atoms with Gasteiger partial charge in [-0.25, -0.2) is 0 Å². The highest BCUT2D eigenvalue weighted by molar-refractivity contribution is 5.71. The summed E-state index contributed by atoms with van der Waals surface area (Å²) in [6.07, 6.45) is 2.33. The summed E-state index contributed by atoms with van der Waals surface area (Å²) in [5.41, 5.74) is 1.05. The van der Waals surface area contributed by atoms with Crippen LogP contribution < -0.4 is 14.8 Å². The van der Waals surface area contributed by atoms with E-state index in [1.54, 1.807) is 14.2 Å². The van der Waals surface area contributed by atoms with Gasteiger partial charge < -0.3 is 19.9 Å². The van der Waals surface area contributed by atoms with Crippen molar-refractivity contribution in [3.8, 4) is 11.5 Å². The van der Waals surface area contributed by atoms with E-state index < -0.39 is 5.97 Å². The summed E-state index contributed by atoms with van der Waals surface area (Å²) < 4.78 is 10.5. The molecule has 1 fully saturated rings. The number of rotatable bonds is 5. The van der Waals surface area contributed by atoms with Crippen LogP contribution >= 0.6 is 0 Å². The Kier molecular flexibility index (Phi) is 4.84. The van der Waals surface area contributed by atoms with E-state index in [1.165, 1.54) is 0 Å². The van der Waals surface area contributed by atoms with Gasteiger partial charge in [-0.05, 0) is 43.5 Å². The third-order valence-electron chi connectivity index (χ3n) is 3.80. The van der Waals surface area contributed by atoms with E-state index in [-0.39, 0.29) is 12.0 Å². The minimum atomic E-state index is -0.720. The molecular weight excluding hydrogens is 258 g/mol. The van der Waals surface area contributed by atoms with Crippen molar-refractivity contribution in [2.75, 3.05) is 20.8 Å². The number of carboxylic acids is 1. The molecule has 1 aromatic carbocycles. The van der Waals surface area contributed by atoms with Gasteiger partial charge in [0.2, 0.25) is 0 Å². The minimum absolute atomic E-state index is 0.0284. The lowest BCUT2D eigenvalue weighted by atomic mass is 9.87. The monoisotopic (exact) mass is 279 g/mol. The maximum Gasteiger partial charge on any atom is 0.308 e. The molecule has 0 bridgehead atoms. The van der Waals surface area contributed by atoms with Crippen molar-refractivity contribution >= 4 is 5.97 Å². The second-order valence-electron chi connectivity index (χ2n) is 5.04. The van der Waals surface area contributed by atoms with Crippen molar-refractivity contribution in [2.24, 2.45) is 5.92 Å². The van der Waals surface area contributed by atoms with Crippen LogP contribution in [0.1, 0.15) is 18.4 Å². The van der Waals surface area contributed by atoms with Gasteiger partial charge in [0, 0.05) is 6.04 Å². The smallest absolute Gasteiger partial charge is 0.308 e. The van der Waals surface area contributed by atoms with Crippen molar-refractivity contribution in [1.29, 1.82) is 0 Å². The first kappa shape index (κ1) is 14.7. The van der Waals surface area contributed by atoms with Crippen molar-refractivity contribution in [3.05, 3.63) is 23.8 Å². The summed E-state index contributed by atoms with van der Waals surface area (Å²) >= 11 is 0. The summed E-state index contributed by atoms with van der Waals surface area (Å²) in [6.45, 7) is 0.877. The van der Waals surface area contributed by atoms with Crippen LogP contribution in [-0.2, 0) is 11.2 Å². The predicted octanol–water partition coefficient (Wildman–Crippen LogP) is 1.70. The van der Waals surface area contributed by atoms with Crippen LogP contribution in [0.3, 0.4) is 0 Å². The maximum absolute atomic E-state index is 11.3. The SMILES string of the molecule is COc1ccc(CC2NCCC[C@H]2C(=O)O)cc1OC. The molecule has 0 aliphatic carbocycles. The quantitative estimate of drug-likeness (QED) is 0.858. The zero-order valence-corrected chi connectivity index (χ0v) is 11.9. The van der Waals surface area contributed by atoms with Crippen LogP contribution in [-0.4, -0.2) is 37.9 Å². The third kappa shape index (κ3) is 3.22. The van der Waals surface area contributed by atoms with Gasteiger partial charge in [0.05, 0.1) is 20.1 Å². The molecular formula is C15H21NO4. The number of methoxy groups -OCH3 is 2. The molecule has 0 amide bonds. The van der Waals surface area contributed by atoms with Gasteiger partial charge in [-0.3, -0.25) is 4.79 Å². The Labute approximate surface area is 118 Å². The highest BCUT2D eigenvalue weighted by atomic mass is 16.5. The fourth-order valence-corrected chi connectivity index (χ4v) is 2.72. The fraction of sp³-hybridized carbons (Fsp3) is 0.533. The van der Waals surface area contributed by atoms with E-state index in [9.17, 15) is 9.90 Å². The summed E-state index contributed by atoms with van der Waals surface area (Å²) in [6, 6.07) is 5.69. The zero-order chi connectivity index (χ0) is 14.5. The number of piperidine rings is 1. The lowest BCUT2D eigenvalue weighted by molar-refractivity contribution is -0.143. The second kappa shape index (κ2) is 6.61. The third-order valence-corrected chi connectivity index (χ3v) is 3.80. The Morgan fingerprint density at radius 1 is 1.35 bits per heavy atom. The van der Waals surface area contributed by atoms with E-state index in [2.05, 4.69) is 5.32 Å². The predicted molar refractivity (Wildman–Crippen MR) is 75.4 cm³/mol. The van der Waals surface area contributed by atoms with Crippen molar-refractivity contribution in [3.63, 3.8) is 0 Å². The standard InChI is InChI=1S/C15H21NO4/c1-19-13-6-5-10(9-14(13)20-2)8-12-11(15(17)18)4-3-7-16-12/h5-6,9,11-12,16H,3-4,7-8H2,1-2H3,(H,17,18)/t11-,12?/m1/s1. The Morgan fingerprint density at radius 2 is 2.10 bits per heavy atom. The average molecular weight is 279 g/mol. The van der Waals surface area contributed by atoms with Gasteiger partial charge in [-0.1, -0.05) is 6.07 Å². The van der Waals surface area contributed by atoms with Gasteiger partial charge >= 0.3 is 5.97 Å². The summed E-state index contributed by atoms with van der Waals surface area (Å²) in [4.78, 5) is 11.3. The number of nitrogens with one attached hydrogen (secondary N) is 1. The Bertz CT molecular complexity index is 475. The number of ether oxygens (including phenoxy) is 2. The van der Waals surface area contributed by atoms with Gasteiger partial charge in [0.1, 0.15) is 0 Å². The second-order valence-corrected chi connectivity index (χ2v) is 5.04. The number of benzene rings is 1. The molecule has 0 saturated carbocycles. The van der Waals surface area contributed by atoms with E-state index in [0.29, 0.717) is 17.9 Å². The molecule has 1 saturated heterocycles. The summed E-state index contributed by atoms with van der Waals surface area (Å²) in [5, 5.41) is 12.6. The molecule has 0 aromatic heterocycles. The number of hydrogen-bond acceptors (Lipinski definition) is 4. The highest BCUT2D eigenvalue weighted by Crippen LogP contribution is 2.29. The summed E-state index contributed by atoms with van der Waals surface area (Å²) in [7, 11) is 3.20. The number of carboxylic acid groups (broad SMARTS) is 1. The number of aliphatic carboxylic acids is 1. The molecule has 1 unspecified atom stereocenters. The fourth-order valence-electron chi connectivity index (χ4n) is 2.72. The lowest BCUT2D eigenvalue weighted by Gasteiger charge is -2.30. The number of carbonyl (C=O) groups is 1. The average Bonchev–Trinajstić information content (AvgIpc) is 2.47. The molecule has 5 nitrogen and oxygen atoms in total. The molecule has 5 heteroatoms. The van der Waals surface area contributed by atoms with E-state index in [0.717, 1.165) is 24.9 Å². The molecule has 2 rings (SSSR count). The molecule has 2 N–H and O–H groups in total. The normalized spacial score (nSPS) is 22.3. The largest absolute Gasteiger partial charge is 0.493 e. The molecule has 1 aromatic rings. The number of hydrogen-bond donors (Lipinski definition) is 2. The molecule has 2 atom stereocenters. The van der Waals surface area contributed by atoms with Crippen molar-refractivity contribution < 1.29 is 19.4 Å². The van der Waals surface area contributed by atoms with Crippen molar-refractivity contribution in [1.82, 2.24) is 5.32 Å². The van der Waals surface area contributed by atoms with Gasteiger partial charge in [0.15, 0.2) is 11.5 Å². The first-order valence-electron chi connectivity index (χ1n) is 6.82. The van der Waals surface area contributed by atoms with E-state index in [1.807, 2.05) is 18.2 Å².